The van der Waals surface area contributed by atoms with Gasteiger partial charge in [-0.2, -0.15) is 0 Å². The van der Waals surface area contributed by atoms with E-state index in [0.717, 1.165) is 31.4 Å². The molecule has 1 aromatic rings. The normalized spacial score (nSPS) is 18.2. The van der Waals surface area contributed by atoms with E-state index in [2.05, 4.69) is 12.2 Å². The SMILES string of the molecule is CC1(CNCc2ccc(F)c(F)c2)COC1. The maximum atomic E-state index is 12.9. The van der Waals surface area contributed by atoms with Gasteiger partial charge in [0.05, 0.1) is 13.2 Å². The molecule has 2 nitrogen and oxygen atoms in total. The number of benzene rings is 1. The summed E-state index contributed by atoms with van der Waals surface area (Å²) in [5.41, 5.74) is 0.946. The van der Waals surface area contributed by atoms with Crippen LogP contribution in [0.15, 0.2) is 18.2 Å². The minimum Gasteiger partial charge on any atom is -0.380 e. The van der Waals surface area contributed by atoms with Gasteiger partial charge in [-0.1, -0.05) is 13.0 Å². The Morgan fingerprint density at radius 1 is 1.31 bits per heavy atom. The van der Waals surface area contributed by atoms with Crippen LogP contribution in [0.2, 0.25) is 0 Å². The van der Waals surface area contributed by atoms with Gasteiger partial charge < -0.3 is 10.1 Å². The summed E-state index contributed by atoms with van der Waals surface area (Å²) in [6, 6.07) is 3.97. The maximum absolute atomic E-state index is 12.9. The third-order valence-corrected chi connectivity index (χ3v) is 2.77. The summed E-state index contributed by atoms with van der Waals surface area (Å²) in [4.78, 5) is 0. The predicted molar refractivity (Wildman–Crippen MR) is 57.0 cm³/mol. The molecule has 0 amide bonds. The van der Waals surface area contributed by atoms with Crippen molar-refractivity contribution in [2.75, 3.05) is 19.8 Å². The lowest BCUT2D eigenvalue weighted by atomic mass is 9.89. The van der Waals surface area contributed by atoms with E-state index in [0.29, 0.717) is 6.54 Å². The molecule has 16 heavy (non-hydrogen) atoms. The van der Waals surface area contributed by atoms with Crippen LogP contribution in [0.3, 0.4) is 0 Å². The van der Waals surface area contributed by atoms with Crippen molar-refractivity contribution in [1.29, 1.82) is 0 Å². The van der Waals surface area contributed by atoms with Crippen LogP contribution in [-0.4, -0.2) is 19.8 Å². The second-order valence-corrected chi connectivity index (χ2v) is 4.66. The molecule has 0 saturated carbocycles. The van der Waals surface area contributed by atoms with Crippen molar-refractivity contribution >= 4 is 0 Å². The van der Waals surface area contributed by atoms with Crippen LogP contribution in [-0.2, 0) is 11.3 Å². The Morgan fingerprint density at radius 2 is 2.06 bits per heavy atom. The molecule has 1 saturated heterocycles. The van der Waals surface area contributed by atoms with E-state index in [1.54, 1.807) is 6.07 Å². The van der Waals surface area contributed by atoms with E-state index in [9.17, 15) is 8.78 Å². The second-order valence-electron chi connectivity index (χ2n) is 4.66. The number of nitrogens with one attached hydrogen (secondary N) is 1. The molecule has 0 aromatic heterocycles. The Kier molecular flexibility index (Phi) is 3.21. The average molecular weight is 227 g/mol. The first-order valence-electron chi connectivity index (χ1n) is 5.31. The van der Waals surface area contributed by atoms with Crippen molar-refractivity contribution in [3.63, 3.8) is 0 Å². The van der Waals surface area contributed by atoms with Gasteiger partial charge in [0.2, 0.25) is 0 Å². The first-order chi connectivity index (χ1) is 7.59. The molecule has 0 unspecified atom stereocenters. The number of hydrogen-bond donors (Lipinski definition) is 1. The van der Waals surface area contributed by atoms with Crippen molar-refractivity contribution in [3.05, 3.63) is 35.4 Å². The van der Waals surface area contributed by atoms with Crippen LogP contribution in [0.25, 0.3) is 0 Å². The number of hydrogen-bond acceptors (Lipinski definition) is 2. The zero-order valence-corrected chi connectivity index (χ0v) is 9.22. The first kappa shape index (κ1) is 11.5. The lowest BCUT2D eigenvalue weighted by molar-refractivity contribution is -0.0991. The Hall–Kier alpha value is -1.00. The highest BCUT2D eigenvalue weighted by Gasteiger charge is 2.32. The van der Waals surface area contributed by atoms with Gasteiger partial charge in [-0.3, -0.25) is 0 Å². The van der Waals surface area contributed by atoms with Gasteiger partial charge in [-0.25, -0.2) is 8.78 Å². The molecule has 0 atom stereocenters. The van der Waals surface area contributed by atoms with Crippen LogP contribution >= 0.6 is 0 Å². The van der Waals surface area contributed by atoms with Crippen LogP contribution in [0.1, 0.15) is 12.5 Å². The highest BCUT2D eigenvalue weighted by atomic mass is 19.2. The predicted octanol–water partition coefficient (Wildman–Crippen LogP) is 2.09. The second kappa shape index (κ2) is 4.47. The maximum Gasteiger partial charge on any atom is 0.159 e. The number of halogens is 2. The summed E-state index contributed by atoms with van der Waals surface area (Å²) in [5.74, 6) is -1.60. The average Bonchev–Trinajstić information content (AvgIpc) is 2.21. The van der Waals surface area contributed by atoms with E-state index in [-0.39, 0.29) is 5.41 Å². The fraction of sp³-hybridized carbons (Fsp3) is 0.500. The Morgan fingerprint density at radius 3 is 2.62 bits per heavy atom. The van der Waals surface area contributed by atoms with Gasteiger partial charge in [0.1, 0.15) is 0 Å². The zero-order chi connectivity index (χ0) is 11.6. The lowest BCUT2D eigenvalue weighted by Crippen LogP contribution is -2.47. The molecule has 1 fully saturated rings. The fourth-order valence-corrected chi connectivity index (χ4v) is 1.71. The standard InChI is InChI=1S/C12H15F2NO/c1-12(7-16-8-12)6-15-5-9-2-3-10(13)11(14)4-9/h2-4,15H,5-8H2,1H3. The first-order valence-corrected chi connectivity index (χ1v) is 5.31. The molecule has 88 valence electrons. The summed E-state index contributed by atoms with van der Waals surface area (Å²) < 4.78 is 30.7. The van der Waals surface area contributed by atoms with Crippen molar-refractivity contribution in [1.82, 2.24) is 5.32 Å². The van der Waals surface area contributed by atoms with Gasteiger partial charge in [0, 0.05) is 18.5 Å². The summed E-state index contributed by atoms with van der Waals surface area (Å²) >= 11 is 0. The lowest BCUT2D eigenvalue weighted by Gasteiger charge is -2.38. The van der Waals surface area contributed by atoms with Gasteiger partial charge in [0.25, 0.3) is 0 Å². The van der Waals surface area contributed by atoms with E-state index in [4.69, 9.17) is 4.74 Å². The summed E-state index contributed by atoms with van der Waals surface area (Å²) in [7, 11) is 0. The minimum atomic E-state index is -0.803. The molecule has 4 heteroatoms. The molecule has 2 rings (SSSR count). The van der Waals surface area contributed by atoms with Crippen molar-refractivity contribution < 1.29 is 13.5 Å². The van der Waals surface area contributed by atoms with E-state index >= 15 is 0 Å². The van der Waals surface area contributed by atoms with Gasteiger partial charge >= 0.3 is 0 Å². The molecule has 1 aliphatic heterocycles. The largest absolute Gasteiger partial charge is 0.380 e. The zero-order valence-electron chi connectivity index (χ0n) is 9.22. The Bertz CT molecular complexity index is 377. The Balaban J connectivity index is 1.83. The van der Waals surface area contributed by atoms with Gasteiger partial charge in [-0.15, -0.1) is 0 Å². The van der Waals surface area contributed by atoms with Crippen molar-refractivity contribution in [2.24, 2.45) is 5.41 Å². The topological polar surface area (TPSA) is 21.3 Å². The molecule has 0 radical (unpaired) electrons. The van der Waals surface area contributed by atoms with Crippen LogP contribution in [0.4, 0.5) is 8.78 Å². The monoisotopic (exact) mass is 227 g/mol. The molecule has 0 aliphatic carbocycles. The third kappa shape index (κ3) is 2.57. The van der Waals surface area contributed by atoms with E-state index < -0.39 is 11.6 Å². The summed E-state index contributed by atoms with van der Waals surface area (Å²) in [5, 5.41) is 3.22. The molecule has 1 N–H and O–H groups in total. The highest BCUT2D eigenvalue weighted by Crippen LogP contribution is 2.25. The molecular weight excluding hydrogens is 212 g/mol. The molecule has 1 heterocycles. The van der Waals surface area contributed by atoms with Crippen molar-refractivity contribution in [2.45, 2.75) is 13.5 Å². The Labute approximate surface area is 93.6 Å². The smallest absolute Gasteiger partial charge is 0.159 e. The van der Waals surface area contributed by atoms with E-state index in [1.807, 2.05) is 0 Å². The summed E-state index contributed by atoms with van der Waals surface area (Å²) in [6.45, 7) is 5.03. The van der Waals surface area contributed by atoms with Crippen LogP contribution in [0, 0.1) is 17.0 Å². The quantitative estimate of drug-likeness (QED) is 0.850. The molecule has 0 bridgehead atoms. The van der Waals surface area contributed by atoms with Crippen molar-refractivity contribution in [3.8, 4) is 0 Å². The van der Waals surface area contributed by atoms with Crippen LogP contribution in [0.5, 0.6) is 0 Å². The molecular formula is C12H15F2NO. The van der Waals surface area contributed by atoms with Gasteiger partial charge in [-0.05, 0) is 17.7 Å². The number of rotatable bonds is 4. The highest BCUT2D eigenvalue weighted by molar-refractivity contribution is 5.17. The molecule has 0 spiro atoms. The fourth-order valence-electron chi connectivity index (χ4n) is 1.71. The summed E-state index contributed by atoms with van der Waals surface area (Å²) in [6.07, 6.45) is 0. The minimum absolute atomic E-state index is 0.193. The van der Waals surface area contributed by atoms with Crippen LogP contribution < -0.4 is 5.32 Å². The van der Waals surface area contributed by atoms with Gasteiger partial charge in [0.15, 0.2) is 11.6 Å². The molecule has 1 aliphatic rings. The van der Waals surface area contributed by atoms with E-state index in [1.165, 1.54) is 6.07 Å². The molecule has 1 aromatic carbocycles. The number of ether oxygens (including phenoxy) is 1. The third-order valence-electron chi connectivity index (χ3n) is 2.77.